The lowest BCUT2D eigenvalue weighted by atomic mass is 9.84. The van der Waals surface area contributed by atoms with Gasteiger partial charge in [-0.3, -0.25) is 14.6 Å². The van der Waals surface area contributed by atoms with Gasteiger partial charge >= 0.3 is 11.9 Å². The van der Waals surface area contributed by atoms with Crippen molar-refractivity contribution in [2.24, 2.45) is 10.4 Å². The fourth-order valence-electron chi connectivity index (χ4n) is 1.18. The molecule has 6 nitrogen and oxygen atoms in total. The molecule has 0 atom stereocenters. The van der Waals surface area contributed by atoms with E-state index in [-0.39, 0.29) is 6.42 Å². The van der Waals surface area contributed by atoms with Gasteiger partial charge in [0.15, 0.2) is 5.41 Å². The Hall–Kier alpha value is -2.37. The SMILES string of the molecule is O=C(O)C1(C(=O)O)C=CN=CC1.c1cc[nH]c1. The molecule has 2 heterocycles. The molecule has 3 N–H and O–H groups in total. The molecule has 0 radical (unpaired) electrons. The van der Waals surface area contributed by atoms with Gasteiger partial charge in [-0.15, -0.1) is 0 Å². The van der Waals surface area contributed by atoms with Crippen molar-refractivity contribution < 1.29 is 19.8 Å². The lowest BCUT2D eigenvalue weighted by Gasteiger charge is -2.19. The highest BCUT2D eigenvalue weighted by atomic mass is 16.4. The molecular weight excluding hydrogens is 224 g/mol. The minimum Gasteiger partial charge on any atom is -0.480 e. The molecule has 0 fully saturated rings. The number of hydrogen-bond acceptors (Lipinski definition) is 3. The molecule has 2 rings (SSSR count). The van der Waals surface area contributed by atoms with Gasteiger partial charge in [0.1, 0.15) is 0 Å². The van der Waals surface area contributed by atoms with Crippen LogP contribution in [-0.2, 0) is 9.59 Å². The summed E-state index contributed by atoms with van der Waals surface area (Å²) in [4.78, 5) is 27.7. The van der Waals surface area contributed by atoms with Crippen LogP contribution in [0.5, 0.6) is 0 Å². The van der Waals surface area contributed by atoms with Crippen LogP contribution in [0.25, 0.3) is 0 Å². The van der Waals surface area contributed by atoms with Crippen LogP contribution >= 0.6 is 0 Å². The predicted octanol–water partition coefficient (Wildman–Crippen LogP) is 1.14. The Bertz CT molecular complexity index is 403. The number of nitrogens with one attached hydrogen (secondary N) is 1. The highest BCUT2D eigenvalue weighted by Crippen LogP contribution is 2.26. The van der Waals surface area contributed by atoms with E-state index in [4.69, 9.17) is 10.2 Å². The molecular formula is C11H12N2O4. The van der Waals surface area contributed by atoms with Crippen molar-refractivity contribution in [1.82, 2.24) is 4.98 Å². The highest BCUT2D eigenvalue weighted by Gasteiger charge is 2.44. The van der Waals surface area contributed by atoms with E-state index >= 15 is 0 Å². The van der Waals surface area contributed by atoms with Gasteiger partial charge in [0.2, 0.25) is 0 Å². The lowest BCUT2D eigenvalue weighted by Crippen LogP contribution is -2.38. The number of hydrogen-bond donors (Lipinski definition) is 3. The highest BCUT2D eigenvalue weighted by molar-refractivity contribution is 6.03. The van der Waals surface area contributed by atoms with Crippen molar-refractivity contribution in [3.63, 3.8) is 0 Å². The Balaban J connectivity index is 0.000000239. The number of rotatable bonds is 2. The van der Waals surface area contributed by atoms with E-state index in [0.29, 0.717) is 0 Å². The first-order valence-corrected chi connectivity index (χ1v) is 4.83. The van der Waals surface area contributed by atoms with Gasteiger partial charge in [-0.25, -0.2) is 0 Å². The molecule has 0 unspecified atom stereocenters. The molecule has 0 bridgehead atoms. The van der Waals surface area contributed by atoms with Crippen LogP contribution in [0.15, 0.2) is 41.8 Å². The topological polar surface area (TPSA) is 103 Å². The summed E-state index contributed by atoms with van der Waals surface area (Å²) < 4.78 is 0. The van der Waals surface area contributed by atoms with E-state index in [1.54, 1.807) is 0 Å². The molecule has 1 aromatic rings. The normalized spacial score (nSPS) is 15.8. The molecule has 0 aromatic carbocycles. The van der Waals surface area contributed by atoms with E-state index in [1.807, 2.05) is 24.5 Å². The van der Waals surface area contributed by atoms with E-state index in [1.165, 1.54) is 12.4 Å². The first-order valence-electron chi connectivity index (χ1n) is 4.83. The number of carboxylic acid groups (broad SMARTS) is 2. The van der Waals surface area contributed by atoms with Crippen LogP contribution in [0, 0.1) is 5.41 Å². The number of nitrogens with zero attached hydrogens (tertiary/aromatic N) is 1. The molecule has 90 valence electrons. The van der Waals surface area contributed by atoms with Crippen LogP contribution in [0.1, 0.15) is 6.42 Å². The maximum Gasteiger partial charge on any atom is 0.325 e. The first-order chi connectivity index (χ1) is 8.09. The predicted molar refractivity (Wildman–Crippen MR) is 60.7 cm³/mol. The van der Waals surface area contributed by atoms with Crippen molar-refractivity contribution >= 4 is 18.2 Å². The zero-order chi connectivity index (χ0) is 12.7. The Labute approximate surface area is 97.3 Å². The summed E-state index contributed by atoms with van der Waals surface area (Å²) in [5, 5.41) is 17.3. The Kier molecular flexibility index (Phi) is 4.21. The fraction of sp³-hybridized carbons (Fsp3) is 0.182. The average molecular weight is 236 g/mol. The molecule has 0 spiro atoms. The third-order valence-corrected chi connectivity index (χ3v) is 2.22. The summed E-state index contributed by atoms with van der Waals surface area (Å²) in [6.45, 7) is 0. The smallest absolute Gasteiger partial charge is 0.325 e. The third-order valence-electron chi connectivity index (χ3n) is 2.22. The lowest BCUT2D eigenvalue weighted by molar-refractivity contribution is -0.160. The van der Waals surface area contributed by atoms with Crippen molar-refractivity contribution in [3.8, 4) is 0 Å². The van der Waals surface area contributed by atoms with Gasteiger partial charge in [-0.1, -0.05) is 0 Å². The van der Waals surface area contributed by atoms with Gasteiger partial charge in [0.05, 0.1) is 0 Å². The molecule has 0 saturated heterocycles. The molecule has 1 aliphatic rings. The number of carboxylic acids is 2. The second-order valence-electron chi connectivity index (χ2n) is 3.32. The largest absolute Gasteiger partial charge is 0.480 e. The molecule has 0 saturated carbocycles. The van der Waals surface area contributed by atoms with Crippen molar-refractivity contribution in [1.29, 1.82) is 0 Å². The quantitative estimate of drug-likeness (QED) is 0.670. The molecule has 1 aromatic heterocycles. The van der Waals surface area contributed by atoms with E-state index in [0.717, 1.165) is 6.08 Å². The molecule has 0 amide bonds. The second kappa shape index (κ2) is 5.64. The minimum absolute atomic E-state index is 0.103. The summed E-state index contributed by atoms with van der Waals surface area (Å²) >= 11 is 0. The molecule has 6 heteroatoms. The number of aliphatic imine (C=N–C) groups is 1. The van der Waals surface area contributed by atoms with Gasteiger partial charge in [-0.2, -0.15) is 0 Å². The summed E-state index contributed by atoms with van der Waals surface area (Å²) in [7, 11) is 0. The van der Waals surface area contributed by atoms with Crippen LogP contribution in [-0.4, -0.2) is 33.4 Å². The van der Waals surface area contributed by atoms with E-state index < -0.39 is 17.4 Å². The van der Waals surface area contributed by atoms with Crippen molar-refractivity contribution in [3.05, 3.63) is 36.8 Å². The van der Waals surface area contributed by atoms with Crippen LogP contribution in [0.3, 0.4) is 0 Å². The fourth-order valence-corrected chi connectivity index (χ4v) is 1.18. The third kappa shape index (κ3) is 3.04. The molecule has 0 aliphatic carbocycles. The van der Waals surface area contributed by atoms with Crippen LogP contribution < -0.4 is 0 Å². The summed E-state index contributed by atoms with van der Waals surface area (Å²) in [5.41, 5.74) is -1.82. The molecule has 17 heavy (non-hydrogen) atoms. The van der Waals surface area contributed by atoms with Gasteiger partial charge < -0.3 is 15.2 Å². The number of aromatic nitrogens is 1. The van der Waals surface area contributed by atoms with E-state index in [2.05, 4.69) is 9.98 Å². The van der Waals surface area contributed by atoms with Gasteiger partial charge in [0, 0.05) is 31.2 Å². The Morgan fingerprint density at radius 3 is 2.00 bits per heavy atom. The zero-order valence-corrected chi connectivity index (χ0v) is 8.91. The maximum absolute atomic E-state index is 10.6. The number of carbonyl (C=O) groups is 2. The van der Waals surface area contributed by atoms with E-state index in [9.17, 15) is 9.59 Å². The van der Waals surface area contributed by atoms with Crippen molar-refractivity contribution in [2.45, 2.75) is 6.42 Å². The van der Waals surface area contributed by atoms with Crippen LogP contribution in [0.2, 0.25) is 0 Å². The molecule has 1 aliphatic heterocycles. The Morgan fingerprint density at radius 2 is 1.76 bits per heavy atom. The summed E-state index contributed by atoms with van der Waals surface area (Å²) in [5.74, 6) is -2.73. The number of H-pyrrole nitrogens is 1. The zero-order valence-electron chi connectivity index (χ0n) is 8.91. The average Bonchev–Trinajstić information content (AvgIpc) is 2.88. The van der Waals surface area contributed by atoms with Crippen LogP contribution in [0.4, 0.5) is 0 Å². The Morgan fingerprint density at radius 1 is 1.18 bits per heavy atom. The minimum atomic E-state index is -1.82. The van der Waals surface area contributed by atoms with Gasteiger partial charge in [-0.05, 0) is 18.2 Å². The maximum atomic E-state index is 10.6. The van der Waals surface area contributed by atoms with Crippen molar-refractivity contribution in [2.75, 3.05) is 0 Å². The summed E-state index contributed by atoms with van der Waals surface area (Å²) in [6.07, 6.45) is 7.19. The van der Waals surface area contributed by atoms with Gasteiger partial charge in [0.25, 0.3) is 0 Å². The number of aromatic amines is 1. The standard InChI is InChI=1S/C7H7NO4.C4H5N/c9-5(10)7(6(11)12)1-3-8-4-2-7;1-2-4-5-3-1/h1,3-4H,2H2,(H,9,10)(H,11,12);1-5H. The first kappa shape index (κ1) is 12.7. The summed E-state index contributed by atoms with van der Waals surface area (Å²) in [6, 6.07) is 3.89. The monoisotopic (exact) mass is 236 g/mol. The second-order valence-corrected chi connectivity index (χ2v) is 3.32. The number of aliphatic carboxylic acids is 2.